The Morgan fingerprint density at radius 3 is 2.52 bits per heavy atom. The van der Waals surface area contributed by atoms with E-state index in [1.165, 1.54) is 12.3 Å². The van der Waals surface area contributed by atoms with Crippen molar-refractivity contribution in [1.29, 1.82) is 0 Å². The summed E-state index contributed by atoms with van der Waals surface area (Å²) >= 11 is 0. The van der Waals surface area contributed by atoms with Gasteiger partial charge in [-0.3, -0.25) is 4.79 Å². The molecule has 2 fully saturated rings. The van der Waals surface area contributed by atoms with Crippen LogP contribution < -0.4 is 0 Å². The molecule has 0 spiro atoms. The molecule has 1 aliphatic heterocycles. The van der Waals surface area contributed by atoms with Crippen LogP contribution in [0.3, 0.4) is 0 Å². The van der Waals surface area contributed by atoms with Gasteiger partial charge in [-0.1, -0.05) is 19.3 Å². The summed E-state index contributed by atoms with van der Waals surface area (Å²) in [4.78, 5) is 26.3. The van der Waals surface area contributed by atoms with Gasteiger partial charge >= 0.3 is 5.97 Å². The highest BCUT2D eigenvalue weighted by atomic mass is 32.2. The molecule has 1 atom stereocenters. The molecule has 3 rings (SSSR count). The zero-order chi connectivity index (χ0) is 17.9. The molecule has 1 saturated heterocycles. The third kappa shape index (κ3) is 4.42. The Hall–Kier alpha value is -1.83. The number of hydrogen-bond acceptors (Lipinski definition) is 6. The van der Waals surface area contributed by atoms with Crippen LogP contribution in [0.25, 0.3) is 0 Å². The maximum absolute atomic E-state index is 12.7. The second kappa shape index (κ2) is 7.59. The van der Waals surface area contributed by atoms with Gasteiger partial charge < -0.3 is 14.1 Å². The van der Waals surface area contributed by atoms with E-state index in [0.29, 0.717) is 6.42 Å². The van der Waals surface area contributed by atoms with E-state index < -0.39 is 22.4 Å². The Morgan fingerprint density at radius 1 is 1.16 bits per heavy atom. The zero-order valence-electron chi connectivity index (χ0n) is 14.1. The molecule has 138 valence electrons. The number of sulfone groups is 1. The SMILES string of the molecule is O=C(OCC(=O)N(C1CCCCC1)[C@H]1CCS(=O)(=O)C1)c1ccco1. The topological polar surface area (TPSA) is 93.9 Å². The lowest BCUT2D eigenvalue weighted by molar-refractivity contribution is -0.140. The van der Waals surface area contributed by atoms with Crippen molar-refractivity contribution in [3.63, 3.8) is 0 Å². The number of carbonyl (C=O) groups excluding carboxylic acids is 2. The standard InChI is InChI=1S/C17H23NO6S/c19-16(11-24-17(20)15-7-4-9-23-15)18(13-5-2-1-3-6-13)14-8-10-25(21,22)12-14/h4,7,9,13-14H,1-3,5-6,8,10-12H2/t14-/m0/s1. The second-order valence-electron chi connectivity index (χ2n) is 6.70. The van der Waals surface area contributed by atoms with Crippen LogP contribution >= 0.6 is 0 Å². The molecule has 2 aliphatic rings. The lowest BCUT2D eigenvalue weighted by Gasteiger charge is -2.38. The first kappa shape index (κ1) is 18.0. The number of furan rings is 1. The van der Waals surface area contributed by atoms with Crippen LogP contribution in [0.15, 0.2) is 22.8 Å². The summed E-state index contributed by atoms with van der Waals surface area (Å²) in [5, 5.41) is 0. The van der Waals surface area contributed by atoms with E-state index in [1.54, 1.807) is 11.0 Å². The van der Waals surface area contributed by atoms with Crippen molar-refractivity contribution in [3.8, 4) is 0 Å². The van der Waals surface area contributed by atoms with Crippen LogP contribution in [-0.2, 0) is 19.4 Å². The smallest absolute Gasteiger partial charge is 0.374 e. The van der Waals surface area contributed by atoms with Gasteiger partial charge in [0.15, 0.2) is 16.4 Å². The normalized spacial score (nSPS) is 23.3. The first-order valence-electron chi connectivity index (χ1n) is 8.68. The average molecular weight is 369 g/mol. The summed E-state index contributed by atoms with van der Waals surface area (Å²) in [5.41, 5.74) is 0. The number of amides is 1. The quantitative estimate of drug-likeness (QED) is 0.735. The summed E-state index contributed by atoms with van der Waals surface area (Å²) in [5.74, 6) is -0.864. The molecule has 0 bridgehead atoms. The van der Waals surface area contributed by atoms with Crippen LogP contribution in [0, 0.1) is 0 Å². The van der Waals surface area contributed by atoms with Crippen molar-refractivity contribution in [2.24, 2.45) is 0 Å². The van der Waals surface area contributed by atoms with E-state index in [1.807, 2.05) is 0 Å². The van der Waals surface area contributed by atoms with Crippen molar-refractivity contribution in [1.82, 2.24) is 4.90 Å². The minimum atomic E-state index is -3.10. The van der Waals surface area contributed by atoms with Gasteiger partial charge in [-0.25, -0.2) is 13.2 Å². The van der Waals surface area contributed by atoms with Crippen molar-refractivity contribution in [2.75, 3.05) is 18.1 Å². The van der Waals surface area contributed by atoms with Crippen LogP contribution in [-0.4, -0.2) is 55.4 Å². The molecule has 1 aromatic rings. The van der Waals surface area contributed by atoms with Crippen molar-refractivity contribution in [3.05, 3.63) is 24.2 Å². The minimum absolute atomic E-state index is 0.00136. The van der Waals surface area contributed by atoms with Crippen molar-refractivity contribution < 1.29 is 27.2 Å². The van der Waals surface area contributed by atoms with Gasteiger partial charge in [-0.15, -0.1) is 0 Å². The van der Waals surface area contributed by atoms with Crippen LogP contribution in [0.5, 0.6) is 0 Å². The van der Waals surface area contributed by atoms with Crippen LogP contribution in [0.2, 0.25) is 0 Å². The Morgan fingerprint density at radius 2 is 1.92 bits per heavy atom. The van der Waals surface area contributed by atoms with Gasteiger partial charge in [0.25, 0.3) is 5.91 Å². The Labute approximate surface area is 147 Å². The van der Waals surface area contributed by atoms with Gasteiger partial charge in [0, 0.05) is 12.1 Å². The highest BCUT2D eigenvalue weighted by Crippen LogP contribution is 2.28. The zero-order valence-corrected chi connectivity index (χ0v) is 14.9. The molecule has 2 heterocycles. The number of rotatable bonds is 5. The molecule has 1 aromatic heterocycles. The summed E-state index contributed by atoms with van der Waals surface area (Å²) in [6.07, 6.45) is 6.74. The molecule has 1 amide bonds. The number of hydrogen-bond donors (Lipinski definition) is 0. The number of carbonyl (C=O) groups is 2. The molecule has 7 nitrogen and oxygen atoms in total. The van der Waals surface area contributed by atoms with Crippen molar-refractivity contribution in [2.45, 2.75) is 50.6 Å². The van der Waals surface area contributed by atoms with Crippen LogP contribution in [0.4, 0.5) is 0 Å². The molecule has 0 aromatic carbocycles. The monoisotopic (exact) mass is 369 g/mol. The van der Waals surface area contributed by atoms with Gasteiger partial charge in [0.2, 0.25) is 5.76 Å². The van der Waals surface area contributed by atoms with Gasteiger partial charge in [-0.05, 0) is 31.4 Å². The summed E-state index contributed by atoms with van der Waals surface area (Å²) < 4.78 is 33.7. The molecule has 8 heteroatoms. The van der Waals surface area contributed by atoms with E-state index >= 15 is 0 Å². The maximum atomic E-state index is 12.7. The van der Waals surface area contributed by atoms with Crippen molar-refractivity contribution >= 4 is 21.7 Å². The second-order valence-corrected chi connectivity index (χ2v) is 8.93. The summed E-state index contributed by atoms with van der Waals surface area (Å²) in [6, 6.07) is 2.75. The molecule has 0 unspecified atom stereocenters. The third-order valence-electron chi connectivity index (χ3n) is 4.91. The lowest BCUT2D eigenvalue weighted by Crippen LogP contribution is -2.50. The molecular weight excluding hydrogens is 346 g/mol. The largest absolute Gasteiger partial charge is 0.457 e. The molecule has 1 saturated carbocycles. The third-order valence-corrected chi connectivity index (χ3v) is 6.66. The first-order chi connectivity index (χ1) is 12.0. The van der Waals surface area contributed by atoms with Crippen LogP contribution in [0.1, 0.15) is 49.1 Å². The average Bonchev–Trinajstić information content (AvgIpc) is 3.24. The predicted octanol–water partition coefficient (Wildman–Crippen LogP) is 1.78. The fraction of sp³-hybridized carbons (Fsp3) is 0.647. The summed E-state index contributed by atoms with van der Waals surface area (Å²) in [6.45, 7) is -0.396. The van der Waals surface area contributed by atoms with Gasteiger partial charge in [0.1, 0.15) is 0 Å². The number of nitrogens with zero attached hydrogens (tertiary/aromatic N) is 1. The summed E-state index contributed by atoms with van der Waals surface area (Å²) in [7, 11) is -3.10. The highest BCUT2D eigenvalue weighted by Gasteiger charge is 2.38. The first-order valence-corrected chi connectivity index (χ1v) is 10.5. The molecule has 1 aliphatic carbocycles. The number of esters is 1. The van der Waals surface area contributed by atoms with Gasteiger partial charge in [0.05, 0.1) is 17.8 Å². The van der Waals surface area contributed by atoms with E-state index in [9.17, 15) is 18.0 Å². The minimum Gasteiger partial charge on any atom is -0.457 e. The Kier molecular flexibility index (Phi) is 5.46. The van der Waals surface area contributed by atoms with E-state index in [2.05, 4.69) is 0 Å². The predicted molar refractivity (Wildman–Crippen MR) is 89.8 cm³/mol. The lowest BCUT2D eigenvalue weighted by atomic mass is 9.93. The highest BCUT2D eigenvalue weighted by molar-refractivity contribution is 7.91. The number of ether oxygens (including phenoxy) is 1. The van der Waals surface area contributed by atoms with E-state index in [4.69, 9.17) is 9.15 Å². The fourth-order valence-electron chi connectivity index (χ4n) is 3.73. The maximum Gasteiger partial charge on any atom is 0.374 e. The molecular formula is C17H23NO6S. The molecule has 0 N–H and O–H groups in total. The van der Waals surface area contributed by atoms with E-state index in [-0.39, 0.29) is 35.3 Å². The molecule has 25 heavy (non-hydrogen) atoms. The van der Waals surface area contributed by atoms with Gasteiger partial charge in [-0.2, -0.15) is 0 Å². The molecule has 0 radical (unpaired) electrons. The Balaban J connectivity index is 1.67. The fourth-order valence-corrected chi connectivity index (χ4v) is 5.44. The Bertz CT molecular complexity index is 706. The van der Waals surface area contributed by atoms with E-state index in [0.717, 1.165) is 32.1 Å².